The zero-order chi connectivity index (χ0) is 25.1. The van der Waals surface area contributed by atoms with Crippen LogP contribution in [0.15, 0.2) is 30.3 Å². The van der Waals surface area contributed by atoms with Gasteiger partial charge in [0.1, 0.15) is 17.7 Å². The van der Waals surface area contributed by atoms with Gasteiger partial charge >= 0.3 is 12.1 Å². The highest BCUT2D eigenvalue weighted by molar-refractivity contribution is 5.92. The second-order valence-corrected chi connectivity index (χ2v) is 10.1. The minimum absolute atomic E-state index is 0.135. The first kappa shape index (κ1) is 25.5. The van der Waals surface area contributed by atoms with Crippen LogP contribution in [0.4, 0.5) is 4.79 Å². The van der Waals surface area contributed by atoms with Gasteiger partial charge in [0.15, 0.2) is 0 Å². The van der Waals surface area contributed by atoms with Crippen molar-refractivity contribution in [2.24, 2.45) is 0 Å². The third-order valence-electron chi connectivity index (χ3n) is 6.57. The topological polar surface area (TPSA) is 116 Å². The number of nitrogens with zero attached hydrogens (tertiary/aromatic N) is 2. The summed E-state index contributed by atoms with van der Waals surface area (Å²) in [6.45, 7) is 7.96. The molecule has 186 valence electrons. The molecule has 0 bridgehead atoms. The second-order valence-electron chi connectivity index (χ2n) is 10.1. The summed E-state index contributed by atoms with van der Waals surface area (Å²) < 4.78 is 5.48. The monoisotopic (exact) mass is 473 g/mol. The molecule has 2 aliphatic rings. The van der Waals surface area contributed by atoms with E-state index in [1.165, 1.54) is 11.8 Å². The van der Waals surface area contributed by atoms with Gasteiger partial charge in [-0.15, -0.1) is 0 Å². The first-order valence-corrected chi connectivity index (χ1v) is 11.8. The number of amides is 3. The number of carbonyl (C=O) groups is 4. The van der Waals surface area contributed by atoms with Gasteiger partial charge < -0.3 is 20.1 Å². The Hall–Kier alpha value is -3.10. The molecule has 0 saturated carbocycles. The van der Waals surface area contributed by atoms with E-state index in [4.69, 9.17) is 4.74 Å². The van der Waals surface area contributed by atoms with E-state index in [2.05, 4.69) is 5.32 Å². The Bertz CT molecular complexity index is 918. The molecule has 0 spiro atoms. The van der Waals surface area contributed by atoms with Crippen LogP contribution < -0.4 is 5.32 Å². The van der Waals surface area contributed by atoms with Crippen LogP contribution in [0.2, 0.25) is 0 Å². The van der Waals surface area contributed by atoms with Gasteiger partial charge in [-0.25, -0.2) is 4.79 Å². The predicted molar refractivity (Wildman–Crippen MR) is 125 cm³/mol. The van der Waals surface area contributed by atoms with Crippen molar-refractivity contribution in [1.82, 2.24) is 15.1 Å². The van der Waals surface area contributed by atoms with Gasteiger partial charge in [-0.3, -0.25) is 19.3 Å². The fraction of sp³-hybridized carbons (Fsp3) is 0.600. The average Bonchev–Trinajstić information content (AvgIpc) is 3.28. The fourth-order valence-electron chi connectivity index (χ4n) is 4.68. The molecule has 34 heavy (non-hydrogen) atoms. The molecule has 9 nitrogen and oxygen atoms in total. The van der Waals surface area contributed by atoms with E-state index >= 15 is 0 Å². The van der Waals surface area contributed by atoms with Gasteiger partial charge in [0.05, 0.1) is 5.41 Å². The molecule has 9 heteroatoms. The van der Waals surface area contributed by atoms with Crippen molar-refractivity contribution < 1.29 is 29.0 Å². The molecule has 1 aromatic rings. The van der Waals surface area contributed by atoms with E-state index in [0.29, 0.717) is 38.9 Å². The predicted octanol–water partition coefficient (Wildman–Crippen LogP) is 2.54. The first-order chi connectivity index (χ1) is 15.9. The molecule has 0 aromatic heterocycles. The number of carboxylic acid groups (broad SMARTS) is 1. The molecule has 2 fully saturated rings. The van der Waals surface area contributed by atoms with Crippen LogP contribution >= 0.6 is 0 Å². The van der Waals surface area contributed by atoms with E-state index in [1.54, 1.807) is 25.7 Å². The summed E-state index contributed by atoms with van der Waals surface area (Å²) >= 11 is 0. The summed E-state index contributed by atoms with van der Waals surface area (Å²) in [5.41, 5.74) is -0.774. The normalized spacial score (nSPS) is 21.0. The Morgan fingerprint density at radius 1 is 1.09 bits per heavy atom. The number of ether oxygens (including phenoxy) is 1. The third-order valence-corrected chi connectivity index (χ3v) is 6.57. The quantitative estimate of drug-likeness (QED) is 0.679. The summed E-state index contributed by atoms with van der Waals surface area (Å²) in [5.74, 6) is -1.59. The van der Waals surface area contributed by atoms with Crippen LogP contribution in [-0.2, 0) is 24.5 Å². The van der Waals surface area contributed by atoms with E-state index < -0.39 is 35.2 Å². The smallest absolute Gasteiger partial charge is 0.410 e. The SMILES string of the molecule is C[C@H](NC(=O)C1(c2ccccc2)CCN(C(=O)[C@@H]2CCCN2C(=O)OC(C)(C)C)CC1)C(=O)O. The van der Waals surface area contributed by atoms with Crippen molar-refractivity contribution in [3.63, 3.8) is 0 Å². The van der Waals surface area contributed by atoms with Crippen LogP contribution in [0.25, 0.3) is 0 Å². The first-order valence-electron chi connectivity index (χ1n) is 11.8. The molecule has 0 radical (unpaired) electrons. The molecule has 2 saturated heterocycles. The summed E-state index contributed by atoms with van der Waals surface area (Å²) in [5, 5.41) is 11.9. The number of rotatable bonds is 5. The Morgan fingerprint density at radius 3 is 2.26 bits per heavy atom. The largest absolute Gasteiger partial charge is 0.480 e. The van der Waals surface area contributed by atoms with Crippen molar-refractivity contribution >= 4 is 23.9 Å². The van der Waals surface area contributed by atoms with Crippen molar-refractivity contribution in [2.75, 3.05) is 19.6 Å². The summed E-state index contributed by atoms with van der Waals surface area (Å²) in [4.78, 5) is 53.8. The van der Waals surface area contributed by atoms with Gasteiger partial charge in [-0.2, -0.15) is 0 Å². The van der Waals surface area contributed by atoms with Crippen molar-refractivity contribution in [3.8, 4) is 0 Å². The maximum absolute atomic E-state index is 13.4. The van der Waals surface area contributed by atoms with E-state index in [0.717, 1.165) is 12.0 Å². The zero-order valence-corrected chi connectivity index (χ0v) is 20.4. The lowest BCUT2D eigenvalue weighted by Gasteiger charge is -2.42. The van der Waals surface area contributed by atoms with Gasteiger partial charge in [0.25, 0.3) is 0 Å². The van der Waals surface area contributed by atoms with Crippen molar-refractivity contribution in [1.29, 1.82) is 0 Å². The van der Waals surface area contributed by atoms with Gasteiger partial charge in [0.2, 0.25) is 11.8 Å². The molecule has 1 aromatic carbocycles. The lowest BCUT2D eigenvalue weighted by molar-refractivity contribution is -0.143. The second kappa shape index (κ2) is 10.0. The number of aliphatic carboxylic acids is 1. The Labute approximate surface area is 200 Å². The maximum atomic E-state index is 13.4. The fourth-order valence-corrected chi connectivity index (χ4v) is 4.68. The lowest BCUT2D eigenvalue weighted by Crippen LogP contribution is -2.57. The molecule has 3 rings (SSSR count). The van der Waals surface area contributed by atoms with E-state index in [-0.39, 0.29) is 11.8 Å². The summed E-state index contributed by atoms with van der Waals surface area (Å²) in [7, 11) is 0. The van der Waals surface area contributed by atoms with Crippen LogP contribution in [0.3, 0.4) is 0 Å². The van der Waals surface area contributed by atoms with Gasteiger partial charge in [-0.1, -0.05) is 30.3 Å². The van der Waals surface area contributed by atoms with E-state index in [1.807, 2.05) is 30.3 Å². The van der Waals surface area contributed by atoms with E-state index in [9.17, 15) is 24.3 Å². The number of carboxylic acids is 1. The number of nitrogens with one attached hydrogen (secondary N) is 1. The third kappa shape index (κ3) is 5.51. The standard InChI is InChI=1S/C25H35N3O6/c1-17(21(30)31)26-22(32)25(18-9-6-5-7-10-18)12-15-27(16-13-25)20(29)19-11-8-14-28(19)23(33)34-24(2,3)4/h5-7,9-10,17,19H,8,11-16H2,1-4H3,(H,26,32)(H,30,31)/t17-,19-/m0/s1. The van der Waals surface area contributed by atoms with Crippen LogP contribution in [0, 0.1) is 0 Å². The highest BCUT2D eigenvalue weighted by Crippen LogP contribution is 2.37. The molecule has 2 aliphatic heterocycles. The van der Waals surface area contributed by atoms with Gasteiger partial charge in [-0.05, 0) is 58.9 Å². The molecular weight excluding hydrogens is 438 g/mol. The zero-order valence-electron chi connectivity index (χ0n) is 20.4. The Kier molecular flexibility index (Phi) is 7.53. The minimum atomic E-state index is -1.10. The average molecular weight is 474 g/mol. The van der Waals surface area contributed by atoms with Crippen LogP contribution in [0.5, 0.6) is 0 Å². The molecule has 0 aliphatic carbocycles. The molecular formula is C25H35N3O6. The number of piperidine rings is 1. The van der Waals surface area contributed by atoms with Gasteiger partial charge in [0, 0.05) is 19.6 Å². The highest BCUT2D eigenvalue weighted by atomic mass is 16.6. The van der Waals surface area contributed by atoms with Crippen LogP contribution in [0.1, 0.15) is 58.9 Å². The number of hydrogen-bond acceptors (Lipinski definition) is 5. The molecule has 2 N–H and O–H groups in total. The number of likely N-dealkylation sites (tertiary alicyclic amines) is 2. The van der Waals surface area contributed by atoms with Crippen molar-refractivity contribution in [2.45, 2.75) is 76.5 Å². The van der Waals surface area contributed by atoms with Crippen molar-refractivity contribution in [3.05, 3.63) is 35.9 Å². The molecule has 2 heterocycles. The Morgan fingerprint density at radius 2 is 1.71 bits per heavy atom. The maximum Gasteiger partial charge on any atom is 0.410 e. The number of hydrogen-bond donors (Lipinski definition) is 2. The number of benzene rings is 1. The Balaban J connectivity index is 1.74. The highest BCUT2D eigenvalue weighted by Gasteiger charge is 2.46. The lowest BCUT2D eigenvalue weighted by atomic mass is 9.71. The summed E-state index contributed by atoms with van der Waals surface area (Å²) in [6, 6.07) is 7.69. The minimum Gasteiger partial charge on any atom is -0.480 e. The number of carbonyl (C=O) groups excluding carboxylic acids is 3. The molecule has 2 atom stereocenters. The molecule has 0 unspecified atom stereocenters. The molecule has 3 amide bonds. The van der Waals surface area contributed by atoms with Crippen LogP contribution in [-0.4, -0.2) is 76.1 Å². The summed E-state index contributed by atoms with van der Waals surface area (Å²) in [6.07, 6.45) is 1.54.